The lowest BCUT2D eigenvalue weighted by Gasteiger charge is -2.07. The molecule has 2 nitrogen and oxygen atoms in total. The van der Waals surface area contributed by atoms with Crippen LogP contribution in [0.25, 0.3) is 11.1 Å². The van der Waals surface area contributed by atoms with Gasteiger partial charge in [-0.15, -0.1) is 0 Å². The molecular formula is C14H9F2NO. The third kappa shape index (κ3) is 2.08. The topological polar surface area (TPSA) is 44.0 Å². The Kier molecular flexibility index (Phi) is 3.35. The highest BCUT2D eigenvalue weighted by Gasteiger charge is 2.12. The normalized spacial score (nSPS) is 10.1. The summed E-state index contributed by atoms with van der Waals surface area (Å²) in [6.45, 7) is -0.697. The summed E-state index contributed by atoms with van der Waals surface area (Å²) in [7, 11) is 0. The molecule has 2 aromatic carbocycles. The number of halogens is 2. The molecule has 2 aromatic rings. The average Bonchev–Trinajstić information content (AvgIpc) is 2.38. The van der Waals surface area contributed by atoms with Gasteiger partial charge in [-0.1, -0.05) is 18.2 Å². The molecule has 0 saturated heterocycles. The van der Waals surface area contributed by atoms with E-state index in [2.05, 4.69) is 0 Å². The van der Waals surface area contributed by atoms with Crippen molar-refractivity contribution in [1.82, 2.24) is 0 Å². The first-order valence-electron chi connectivity index (χ1n) is 5.25. The number of hydrogen-bond donors (Lipinski definition) is 1. The lowest BCUT2D eigenvalue weighted by Crippen LogP contribution is -1.97. The van der Waals surface area contributed by atoms with Gasteiger partial charge in [-0.05, 0) is 29.3 Å². The molecule has 0 spiro atoms. The molecule has 4 heteroatoms. The number of aliphatic hydroxyl groups excluding tert-OH is 1. The lowest BCUT2D eigenvalue weighted by atomic mass is 9.99. The third-order valence-electron chi connectivity index (χ3n) is 2.66. The fraction of sp³-hybridized carbons (Fsp3) is 0.0714. The summed E-state index contributed by atoms with van der Waals surface area (Å²) in [6.07, 6.45) is 0. The van der Waals surface area contributed by atoms with Crippen molar-refractivity contribution in [2.24, 2.45) is 0 Å². The van der Waals surface area contributed by atoms with E-state index in [1.807, 2.05) is 6.07 Å². The van der Waals surface area contributed by atoms with Crippen LogP contribution < -0.4 is 0 Å². The van der Waals surface area contributed by atoms with Crippen molar-refractivity contribution in [2.45, 2.75) is 6.61 Å². The first-order valence-corrected chi connectivity index (χ1v) is 5.25. The maximum Gasteiger partial charge on any atom is 0.132 e. The van der Waals surface area contributed by atoms with Crippen LogP contribution >= 0.6 is 0 Å². The van der Waals surface area contributed by atoms with Crippen LogP contribution in [0.4, 0.5) is 8.78 Å². The van der Waals surface area contributed by atoms with Crippen LogP contribution in [-0.2, 0) is 6.61 Å². The van der Waals surface area contributed by atoms with Crippen molar-refractivity contribution in [3.8, 4) is 17.2 Å². The van der Waals surface area contributed by atoms with E-state index in [9.17, 15) is 8.78 Å². The molecule has 0 heterocycles. The van der Waals surface area contributed by atoms with Gasteiger partial charge in [0.2, 0.25) is 0 Å². The molecule has 0 aliphatic rings. The van der Waals surface area contributed by atoms with Gasteiger partial charge in [-0.3, -0.25) is 0 Å². The van der Waals surface area contributed by atoms with Crippen molar-refractivity contribution in [3.63, 3.8) is 0 Å². The van der Waals surface area contributed by atoms with E-state index in [-0.39, 0.29) is 11.1 Å². The monoisotopic (exact) mass is 245 g/mol. The Morgan fingerprint density at radius 3 is 2.28 bits per heavy atom. The summed E-state index contributed by atoms with van der Waals surface area (Å²) in [6, 6.07) is 10.8. The van der Waals surface area contributed by atoms with Crippen molar-refractivity contribution < 1.29 is 13.9 Å². The van der Waals surface area contributed by atoms with Crippen molar-refractivity contribution in [1.29, 1.82) is 5.26 Å². The standard InChI is InChI=1S/C14H9F2NO/c15-13-5-10(6-14(16)12(13)8-18)11-4-2-1-3-9(11)7-17/h1-6,18H,8H2. The highest BCUT2D eigenvalue weighted by atomic mass is 19.1. The Balaban J connectivity index is 2.63. The minimum atomic E-state index is -0.819. The molecule has 0 unspecified atom stereocenters. The first kappa shape index (κ1) is 12.2. The Morgan fingerprint density at radius 1 is 1.11 bits per heavy atom. The largest absolute Gasteiger partial charge is 0.391 e. The predicted octanol–water partition coefficient (Wildman–Crippen LogP) is 3.00. The number of nitrogens with zero attached hydrogens (tertiary/aromatic N) is 1. The van der Waals surface area contributed by atoms with Gasteiger partial charge in [0, 0.05) is 5.56 Å². The van der Waals surface area contributed by atoms with Crippen LogP contribution in [0, 0.1) is 23.0 Å². The summed E-state index contributed by atoms with van der Waals surface area (Å²) >= 11 is 0. The maximum atomic E-state index is 13.5. The van der Waals surface area contributed by atoms with Gasteiger partial charge in [0.05, 0.1) is 18.2 Å². The van der Waals surface area contributed by atoms with E-state index in [0.717, 1.165) is 12.1 Å². The predicted molar refractivity (Wildman–Crippen MR) is 62.4 cm³/mol. The molecule has 0 bridgehead atoms. The Bertz CT molecular complexity index is 609. The molecule has 0 radical (unpaired) electrons. The Labute approximate surface area is 103 Å². The van der Waals surface area contributed by atoms with E-state index >= 15 is 0 Å². The minimum Gasteiger partial charge on any atom is -0.391 e. The molecule has 2 rings (SSSR count). The summed E-state index contributed by atoms with van der Waals surface area (Å²) in [5.74, 6) is -1.64. The van der Waals surface area contributed by atoms with E-state index in [4.69, 9.17) is 10.4 Å². The molecule has 0 aliphatic carbocycles. The first-order chi connectivity index (χ1) is 8.67. The number of rotatable bonds is 2. The molecule has 0 amide bonds. The van der Waals surface area contributed by atoms with Crippen LogP contribution in [0.1, 0.15) is 11.1 Å². The number of aliphatic hydroxyl groups is 1. The van der Waals surface area contributed by atoms with E-state index in [1.54, 1.807) is 24.3 Å². The van der Waals surface area contributed by atoms with Crippen LogP contribution in [0.5, 0.6) is 0 Å². The number of benzene rings is 2. The van der Waals surface area contributed by atoms with Crippen molar-refractivity contribution in [2.75, 3.05) is 0 Å². The second kappa shape index (κ2) is 4.94. The van der Waals surface area contributed by atoms with E-state index in [1.165, 1.54) is 0 Å². The SMILES string of the molecule is N#Cc1ccccc1-c1cc(F)c(CO)c(F)c1. The number of hydrogen-bond acceptors (Lipinski definition) is 2. The maximum absolute atomic E-state index is 13.5. The molecule has 0 atom stereocenters. The quantitative estimate of drug-likeness (QED) is 0.883. The average molecular weight is 245 g/mol. The second-order valence-electron chi connectivity index (χ2n) is 3.73. The van der Waals surface area contributed by atoms with Crippen LogP contribution in [0.3, 0.4) is 0 Å². The van der Waals surface area contributed by atoms with Crippen molar-refractivity contribution >= 4 is 0 Å². The molecule has 0 aliphatic heterocycles. The van der Waals surface area contributed by atoms with E-state index in [0.29, 0.717) is 11.1 Å². The third-order valence-corrected chi connectivity index (χ3v) is 2.66. The highest BCUT2D eigenvalue weighted by Crippen LogP contribution is 2.27. The zero-order chi connectivity index (χ0) is 13.1. The van der Waals surface area contributed by atoms with Crippen LogP contribution in [-0.4, -0.2) is 5.11 Å². The summed E-state index contributed by atoms with van der Waals surface area (Å²) < 4.78 is 27.1. The summed E-state index contributed by atoms with van der Waals surface area (Å²) in [5.41, 5.74) is 0.711. The molecule has 0 saturated carbocycles. The molecule has 18 heavy (non-hydrogen) atoms. The van der Waals surface area contributed by atoms with Crippen molar-refractivity contribution in [3.05, 3.63) is 59.2 Å². The van der Waals surface area contributed by atoms with Gasteiger partial charge in [0.15, 0.2) is 0 Å². The van der Waals surface area contributed by atoms with E-state index < -0.39 is 18.2 Å². The molecule has 1 N–H and O–H groups in total. The smallest absolute Gasteiger partial charge is 0.132 e. The van der Waals surface area contributed by atoms with Gasteiger partial charge < -0.3 is 5.11 Å². The zero-order valence-electron chi connectivity index (χ0n) is 9.32. The van der Waals surface area contributed by atoms with Gasteiger partial charge in [0.25, 0.3) is 0 Å². The Hall–Kier alpha value is -2.25. The Morgan fingerprint density at radius 2 is 1.72 bits per heavy atom. The fourth-order valence-corrected chi connectivity index (χ4v) is 1.74. The molecular weight excluding hydrogens is 236 g/mol. The van der Waals surface area contributed by atoms with Gasteiger partial charge in [0.1, 0.15) is 11.6 Å². The van der Waals surface area contributed by atoms with Gasteiger partial charge in [-0.2, -0.15) is 5.26 Å². The minimum absolute atomic E-state index is 0.277. The molecule has 0 fully saturated rings. The highest BCUT2D eigenvalue weighted by molar-refractivity contribution is 5.70. The van der Waals surface area contributed by atoms with Crippen LogP contribution in [0.2, 0.25) is 0 Å². The summed E-state index contributed by atoms with van der Waals surface area (Å²) in [5, 5.41) is 17.8. The second-order valence-corrected chi connectivity index (χ2v) is 3.73. The molecule has 0 aromatic heterocycles. The molecule has 90 valence electrons. The summed E-state index contributed by atoms with van der Waals surface area (Å²) in [4.78, 5) is 0. The lowest BCUT2D eigenvalue weighted by molar-refractivity contribution is 0.269. The fourth-order valence-electron chi connectivity index (χ4n) is 1.74. The van der Waals surface area contributed by atoms with Gasteiger partial charge >= 0.3 is 0 Å². The van der Waals surface area contributed by atoms with Gasteiger partial charge in [-0.25, -0.2) is 8.78 Å². The number of nitriles is 1. The zero-order valence-corrected chi connectivity index (χ0v) is 9.32. The van der Waals surface area contributed by atoms with Crippen LogP contribution in [0.15, 0.2) is 36.4 Å².